The van der Waals surface area contributed by atoms with E-state index in [0.29, 0.717) is 32.1 Å². The van der Waals surface area contributed by atoms with Crippen LogP contribution >= 0.6 is 0 Å². The van der Waals surface area contributed by atoms with Crippen LogP contribution in [0.1, 0.15) is 43.3 Å². The van der Waals surface area contributed by atoms with Gasteiger partial charge in [0, 0.05) is 26.1 Å². The van der Waals surface area contributed by atoms with Crippen molar-refractivity contribution in [1.29, 1.82) is 0 Å². The van der Waals surface area contributed by atoms with Crippen molar-refractivity contribution < 1.29 is 14.3 Å². The predicted molar refractivity (Wildman–Crippen MR) is 82.0 cm³/mol. The molecule has 0 spiro atoms. The fourth-order valence-electron chi connectivity index (χ4n) is 3.49. The molecule has 2 aliphatic heterocycles. The molecule has 3 heterocycles. The number of rotatable bonds is 4. The van der Waals surface area contributed by atoms with Crippen LogP contribution in [0.3, 0.4) is 0 Å². The third-order valence-electron chi connectivity index (χ3n) is 5.00. The second kappa shape index (κ2) is 6.20. The lowest BCUT2D eigenvalue weighted by molar-refractivity contribution is -0.145. The Labute approximate surface area is 135 Å². The molecule has 0 aromatic carbocycles. The summed E-state index contributed by atoms with van der Waals surface area (Å²) in [7, 11) is 1.87. The summed E-state index contributed by atoms with van der Waals surface area (Å²) < 4.78 is 13.1. The molecule has 0 radical (unpaired) electrons. The van der Waals surface area contributed by atoms with Gasteiger partial charge in [0.15, 0.2) is 5.82 Å². The summed E-state index contributed by atoms with van der Waals surface area (Å²) in [5.74, 6) is 2.27. The van der Waals surface area contributed by atoms with Crippen LogP contribution in [-0.2, 0) is 27.7 Å². The molecule has 23 heavy (non-hydrogen) atoms. The van der Waals surface area contributed by atoms with E-state index in [4.69, 9.17) is 9.47 Å². The first-order valence-electron chi connectivity index (χ1n) is 8.61. The molecule has 4 rings (SSSR count). The Hall–Kier alpha value is -1.47. The summed E-state index contributed by atoms with van der Waals surface area (Å²) in [6, 6.07) is 0.0369. The largest absolute Gasteiger partial charge is 0.377 e. The average Bonchev–Trinajstić information content (AvgIpc) is 3.14. The van der Waals surface area contributed by atoms with E-state index in [1.807, 2.05) is 11.9 Å². The lowest BCUT2D eigenvalue weighted by atomic mass is 10.1. The van der Waals surface area contributed by atoms with Gasteiger partial charge in [0.2, 0.25) is 5.91 Å². The molecular formula is C16H24N4O3. The second-order valence-corrected chi connectivity index (χ2v) is 6.74. The molecule has 7 heteroatoms. The quantitative estimate of drug-likeness (QED) is 0.814. The predicted octanol–water partition coefficient (Wildman–Crippen LogP) is 0.641. The number of carbonyl (C=O) groups excluding carboxylic acids is 1. The first-order chi connectivity index (χ1) is 11.2. The highest BCUT2D eigenvalue weighted by Gasteiger charge is 2.36. The van der Waals surface area contributed by atoms with Gasteiger partial charge in [0.1, 0.15) is 5.82 Å². The van der Waals surface area contributed by atoms with E-state index in [2.05, 4.69) is 10.1 Å². The van der Waals surface area contributed by atoms with Crippen molar-refractivity contribution in [3.05, 3.63) is 11.6 Å². The van der Waals surface area contributed by atoms with Gasteiger partial charge in [0.25, 0.3) is 0 Å². The van der Waals surface area contributed by atoms with Crippen molar-refractivity contribution in [3.63, 3.8) is 0 Å². The number of amides is 1. The molecule has 126 valence electrons. The zero-order valence-electron chi connectivity index (χ0n) is 13.6. The maximum absolute atomic E-state index is 12.8. The van der Waals surface area contributed by atoms with Crippen LogP contribution in [-0.4, -0.2) is 64.1 Å². The normalized spacial score (nSPS) is 28.3. The molecular weight excluding hydrogens is 296 g/mol. The van der Waals surface area contributed by atoms with E-state index in [9.17, 15) is 4.79 Å². The minimum Gasteiger partial charge on any atom is -0.377 e. The van der Waals surface area contributed by atoms with E-state index in [1.165, 1.54) is 12.8 Å². The van der Waals surface area contributed by atoms with Gasteiger partial charge in [-0.05, 0) is 25.7 Å². The van der Waals surface area contributed by atoms with Gasteiger partial charge >= 0.3 is 0 Å². The number of aryl methyl sites for hydroxylation is 1. The first-order valence-corrected chi connectivity index (χ1v) is 8.61. The van der Waals surface area contributed by atoms with Crippen molar-refractivity contribution in [2.45, 2.75) is 50.2 Å². The third kappa shape index (κ3) is 3.12. The number of morpholine rings is 1. The number of carbonyl (C=O) groups is 1. The highest BCUT2D eigenvalue weighted by molar-refractivity contribution is 5.78. The highest BCUT2D eigenvalue weighted by Crippen LogP contribution is 2.38. The summed E-state index contributed by atoms with van der Waals surface area (Å²) in [4.78, 5) is 19.3. The van der Waals surface area contributed by atoms with Crippen LogP contribution in [0.15, 0.2) is 0 Å². The first kappa shape index (κ1) is 15.1. The van der Waals surface area contributed by atoms with Crippen molar-refractivity contribution in [2.24, 2.45) is 7.05 Å². The van der Waals surface area contributed by atoms with Crippen LogP contribution < -0.4 is 0 Å². The summed E-state index contributed by atoms with van der Waals surface area (Å²) in [6.07, 6.45) is 4.83. The molecule has 1 amide bonds. The molecule has 3 aliphatic rings. The summed E-state index contributed by atoms with van der Waals surface area (Å²) in [5.41, 5.74) is 0. The monoisotopic (exact) mass is 320 g/mol. The molecule has 1 saturated carbocycles. The Balaban J connectivity index is 1.46. The van der Waals surface area contributed by atoms with E-state index in [0.717, 1.165) is 31.1 Å². The molecule has 2 atom stereocenters. The smallest absolute Gasteiger partial charge is 0.230 e. The zero-order valence-corrected chi connectivity index (χ0v) is 13.6. The number of aromatic nitrogens is 3. The Morgan fingerprint density at radius 1 is 1.30 bits per heavy atom. The Kier molecular flexibility index (Phi) is 4.07. The molecule has 0 bridgehead atoms. The van der Waals surface area contributed by atoms with Crippen LogP contribution in [0.4, 0.5) is 0 Å². The topological polar surface area (TPSA) is 69.5 Å². The second-order valence-electron chi connectivity index (χ2n) is 6.74. The lowest BCUT2D eigenvalue weighted by Gasteiger charge is -2.38. The highest BCUT2D eigenvalue weighted by atomic mass is 16.5. The molecule has 1 aliphatic carbocycles. The van der Waals surface area contributed by atoms with E-state index in [-0.39, 0.29) is 18.1 Å². The maximum atomic E-state index is 12.8. The Morgan fingerprint density at radius 3 is 2.91 bits per heavy atom. The van der Waals surface area contributed by atoms with Gasteiger partial charge < -0.3 is 14.4 Å². The summed E-state index contributed by atoms with van der Waals surface area (Å²) in [5, 5.41) is 4.45. The van der Waals surface area contributed by atoms with Crippen molar-refractivity contribution in [2.75, 3.05) is 26.4 Å². The molecule has 7 nitrogen and oxygen atoms in total. The number of hydrogen-bond donors (Lipinski definition) is 0. The fraction of sp³-hybridized carbons (Fsp3) is 0.812. The fourth-order valence-corrected chi connectivity index (χ4v) is 3.49. The molecule has 2 unspecified atom stereocenters. The standard InChI is InChI=1S/C16H24N4O3/c1-19-14(17-16(18-19)11-4-5-11)9-15(21)20-6-8-22-10-12(20)13-3-2-7-23-13/h11-13H,2-10H2,1H3. The van der Waals surface area contributed by atoms with Gasteiger partial charge in [0.05, 0.1) is 31.8 Å². The van der Waals surface area contributed by atoms with Gasteiger partial charge in [-0.3, -0.25) is 9.48 Å². The van der Waals surface area contributed by atoms with Crippen LogP contribution in [0.2, 0.25) is 0 Å². The van der Waals surface area contributed by atoms with E-state index < -0.39 is 0 Å². The van der Waals surface area contributed by atoms with Crippen LogP contribution in [0.25, 0.3) is 0 Å². The molecule has 1 aromatic rings. The Bertz CT molecular complexity index is 578. The number of hydrogen-bond acceptors (Lipinski definition) is 5. The minimum atomic E-state index is 0.0369. The van der Waals surface area contributed by atoms with Crippen molar-refractivity contribution >= 4 is 5.91 Å². The summed E-state index contributed by atoms with van der Waals surface area (Å²) >= 11 is 0. The van der Waals surface area contributed by atoms with E-state index >= 15 is 0 Å². The third-order valence-corrected chi connectivity index (χ3v) is 5.00. The zero-order chi connectivity index (χ0) is 15.8. The van der Waals surface area contributed by atoms with Crippen molar-refractivity contribution in [3.8, 4) is 0 Å². The number of ether oxygens (including phenoxy) is 2. The van der Waals surface area contributed by atoms with Crippen molar-refractivity contribution in [1.82, 2.24) is 19.7 Å². The average molecular weight is 320 g/mol. The van der Waals surface area contributed by atoms with Gasteiger partial charge in [-0.15, -0.1) is 0 Å². The van der Waals surface area contributed by atoms with Gasteiger partial charge in [-0.1, -0.05) is 0 Å². The van der Waals surface area contributed by atoms with Gasteiger partial charge in [-0.2, -0.15) is 5.10 Å². The minimum absolute atomic E-state index is 0.0369. The molecule has 1 aromatic heterocycles. The Morgan fingerprint density at radius 2 is 2.17 bits per heavy atom. The SMILES string of the molecule is Cn1nc(C2CC2)nc1CC(=O)N1CCOCC1C1CCCO1. The summed E-state index contributed by atoms with van der Waals surface area (Å²) in [6.45, 7) is 2.59. The van der Waals surface area contributed by atoms with Crippen LogP contribution in [0, 0.1) is 0 Å². The lowest BCUT2D eigenvalue weighted by Crippen LogP contribution is -2.54. The maximum Gasteiger partial charge on any atom is 0.230 e. The van der Waals surface area contributed by atoms with Crippen LogP contribution in [0.5, 0.6) is 0 Å². The number of nitrogens with zero attached hydrogens (tertiary/aromatic N) is 4. The van der Waals surface area contributed by atoms with E-state index in [1.54, 1.807) is 4.68 Å². The molecule has 2 saturated heterocycles. The van der Waals surface area contributed by atoms with Gasteiger partial charge in [-0.25, -0.2) is 4.98 Å². The molecule has 3 fully saturated rings. The molecule has 0 N–H and O–H groups in total.